The Bertz CT molecular complexity index is 2450. The van der Waals surface area contributed by atoms with Crippen molar-refractivity contribution in [2.75, 3.05) is 7.11 Å². The number of allylic oxidation sites excluding steroid dienone is 1. The molecule has 0 unspecified atom stereocenters. The summed E-state index contributed by atoms with van der Waals surface area (Å²) in [6, 6.07) is 18.1. The van der Waals surface area contributed by atoms with E-state index in [1.165, 1.54) is 0 Å². The number of pyridine rings is 1. The highest BCUT2D eigenvalue weighted by Gasteiger charge is 2.54. The molecule has 0 saturated heterocycles. The van der Waals surface area contributed by atoms with Crippen LogP contribution < -0.4 is 30.1 Å². The lowest BCUT2D eigenvalue weighted by Crippen LogP contribution is -2.57. The number of rotatable bonds is 9. The van der Waals surface area contributed by atoms with Gasteiger partial charge in [-0.25, -0.2) is 18.2 Å². The van der Waals surface area contributed by atoms with Crippen LogP contribution in [0.5, 0.6) is 17.2 Å². The van der Waals surface area contributed by atoms with E-state index in [1.807, 2.05) is 54.6 Å². The summed E-state index contributed by atoms with van der Waals surface area (Å²) < 4.78 is 46.2. The second-order valence-electron chi connectivity index (χ2n) is 17.7. The number of aromatic nitrogens is 1. The Morgan fingerprint density at radius 2 is 1.66 bits per heavy atom. The van der Waals surface area contributed by atoms with Gasteiger partial charge in [0.15, 0.2) is 0 Å². The second kappa shape index (κ2) is 17.6. The number of fused-ring (bicyclic) bond motifs is 3. The summed E-state index contributed by atoms with van der Waals surface area (Å²) in [5.74, 6) is -0.887. The maximum absolute atomic E-state index is 14.5. The molecule has 3 atom stereocenters. The number of carbonyl (C=O) groups excluding carboxylic acids is 4. The predicted octanol–water partition coefficient (Wildman–Crippen LogP) is 7.48. The third-order valence-corrected chi connectivity index (χ3v) is 12.8. The largest absolute Gasteiger partial charge is 0.497 e. The number of nitrogens with zero attached hydrogens (tertiary/aromatic N) is 1. The van der Waals surface area contributed by atoms with Gasteiger partial charge in [0, 0.05) is 28.6 Å². The van der Waals surface area contributed by atoms with Crippen LogP contribution in [0.3, 0.4) is 0 Å². The molecule has 1 fully saturated rings. The Hall–Kier alpha value is -5.96. The van der Waals surface area contributed by atoms with Crippen LogP contribution in [0.2, 0.25) is 0 Å². The quantitative estimate of drug-likeness (QED) is 0.131. The van der Waals surface area contributed by atoms with E-state index in [4.69, 9.17) is 19.2 Å². The third kappa shape index (κ3) is 10.5. The van der Waals surface area contributed by atoms with Crippen molar-refractivity contribution in [3.8, 4) is 28.5 Å². The van der Waals surface area contributed by atoms with E-state index in [2.05, 4.69) is 20.7 Å². The molecule has 3 aromatic carbocycles. The molecule has 1 saturated carbocycles. The van der Waals surface area contributed by atoms with Crippen LogP contribution in [-0.2, 0) is 29.1 Å². The van der Waals surface area contributed by atoms with Gasteiger partial charge in [-0.2, -0.15) is 0 Å². The van der Waals surface area contributed by atoms with Crippen molar-refractivity contribution in [2.24, 2.45) is 5.41 Å². The molecule has 324 valence electrons. The van der Waals surface area contributed by atoms with Gasteiger partial charge in [0.25, 0.3) is 5.91 Å². The predicted molar refractivity (Wildman–Crippen MR) is 233 cm³/mol. The van der Waals surface area contributed by atoms with Crippen molar-refractivity contribution >= 4 is 50.8 Å². The standard InChI is InChI=1S/C46H55N5O9S/c1-9-14-33-40(52)51-61(56,57)46(23-24-46)22-13-17-29-25-30(38(41(53)48-33)49-42(54)39(44(2,3)4)50-43(55)60-45(5,6)7)18-21-36(29)59-37-27-34(28-15-11-10-12-16-28)47-35-26-31(58-8)19-20-32(35)37/h10-13,15-21,25-27,33,38-39H,9,14,22-24H2,1-8H3,(H,48,53)(H,49,54)(H,50,55)(H,51,52)/b17-13-/t33-,38-,39+/m0/s1. The molecular formula is C46H55N5O9S. The van der Waals surface area contributed by atoms with Gasteiger partial charge in [-0.3, -0.25) is 19.1 Å². The van der Waals surface area contributed by atoms with Crippen LogP contribution >= 0.6 is 0 Å². The smallest absolute Gasteiger partial charge is 0.408 e. The number of alkyl carbamates (subject to hydrolysis) is 1. The van der Waals surface area contributed by atoms with Crippen molar-refractivity contribution in [2.45, 2.75) is 109 Å². The molecule has 0 radical (unpaired) electrons. The third-order valence-electron chi connectivity index (χ3n) is 10.6. The zero-order valence-corrected chi connectivity index (χ0v) is 36.7. The van der Waals surface area contributed by atoms with Crippen LogP contribution in [0, 0.1) is 5.41 Å². The molecule has 4 N–H and O–H groups in total. The molecule has 1 aliphatic carbocycles. The molecule has 15 heteroatoms. The molecule has 2 bridgehead atoms. The minimum Gasteiger partial charge on any atom is -0.497 e. The second-order valence-corrected chi connectivity index (χ2v) is 19.7. The molecule has 4 amide bonds. The van der Waals surface area contributed by atoms with E-state index in [-0.39, 0.29) is 12.8 Å². The molecule has 14 nitrogen and oxygen atoms in total. The zero-order chi connectivity index (χ0) is 44.3. The van der Waals surface area contributed by atoms with E-state index < -0.39 is 67.7 Å². The normalized spacial score (nSPS) is 19.7. The number of methoxy groups -OCH3 is 1. The molecule has 1 aromatic heterocycles. The summed E-state index contributed by atoms with van der Waals surface area (Å²) >= 11 is 0. The topological polar surface area (TPSA) is 191 Å². The monoisotopic (exact) mass is 853 g/mol. The fourth-order valence-corrected chi connectivity index (χ4v) is 8.69. The summed E-state index contributed by atoms with van der Waals surface area (Å²) in [5.41, 5.74) is 1.24. The van der Waals surface area contributed by atoms with E-state index >= 15 is 0 Å². The minimum atomic E-state index is -4.16. The number of ether oxygens (including phenoxy) is 3. The van der Waals surface area contributed by atoms with Crippen molar-refractivity contribution in [3.05, 3.63) is 90.0 Å². The molecule has 61 heavy (non-hydrogen) atoms. The number of hydrogen-bond donors (Lipinski definition) is 4. The molecular weight excluding hydrogens is 799 g/mol. The summed E-state index contributed by atoms with van der Waals surface area (Å²) in [6.45, 7) is 12.2. The first-order valence-electron chi connectivity index (χ1n) is 20.4. The van der Waals surface area contributed by atoms with Crippen molar-refractivity contribution in [3.63, 3.8) is 0 Å². The van der Waals surface area contributed by atoms with Gasteiger partial charge in [0.1, 0.15) is 41.0 Å². The minimum absolute atomic E-state index is 0.101. The number of benzene rings is 3. The summed E-state index contributed by atoms with van der Waals surface area (Å²) in [4.78, 5) is 60.2. The maximum Gasteiger partial charge on any atom is 0.408 e. The zero-order valence-electron chi connectivity index (χ0n) is 35.9. The van der Waals surface area contributed by atoms with Crippen molar-refractivity contribution in [1.29, 1.82) is 0 Å². The highest BCUT2D eigenvalue weighted by atomic mass is 32.2. The SMILES string of the molecule is CCC[C@@H]1NC(=O)[C@@H](NC(=O)[C@@H](NC(=O)OC(C)(C)C)C(C)(C)C)c2ccc(Oc3cc(-c4ccccc4)nc4cc(OC)ccc34)c(c2)/C=C\CC2(CC2)S(=O)(=O)NC1=O. The van der Waals surface area contributed by atoms with Gasteiger partial charge in [0.05, 0.1) is 23.1 Å². The highest BCUT2D eigenvalue weighted by Crippen LogP contribution is 2.47. The lowest BCUT2D eigenvalue weighted by Gasteiger charge is -2.33. The molecule has 1 spiro atoms. The van der Waals surface area contributed by atoms with E-state index in [0.29, 0.717) is 64.2 Å². The molecule has 4 aromatic rings. The van der Waals surface area contributed by atoms with E-state index in [0.717, 1.165) is 5.56 Å². The van der Waals surface area contributed by atoms with Gasteiger partial charge in [-0.15, -0.1) is 0 Å². The molecule has 1 aliphatic heterocycles. The maximum atomic E-state index is 14.5. The van der Waals surface area contributed by atoms with Crippen LogP contribution in [0.25, 0.3) is 28.2 Å². The van der Waals surface area contributed by atoms with Gasteiger partial charge in [-0.05, 0) is 81.7 Å². The van der Waals surface area contributed by atoms with E-state index in [1.54, 1.807) is 85.9 Å². The summed E-state index contributed by atoms with van der Waals surface area (Å²) in [5, 5.41) is 8.89. The average Bonchev–Trinajstić information content (AvgIpc) is 3.99. The Labute approximate surface area is 357 Å². The van der Waals surface area contributed by atoms with Gasteiger partial charge in [-0.1, -0.05) is 82.7 Å². The summed E-state index contributed by atoms with van der Waals surface area (Å²) in [7, 11) is -2.59. The number of amides is 4. The van der Waals surface area contributed by atoms with Crippen molar-refractivity contribution < 1.29 is 41.8 Å². The lowest BCUT2D eigenvalue weighted by atomic mass is 9.86. The Kier molecular flexibility index (Phi) is 12.8. The number of carbonyl (C=O) groups is 4. The molecule has 2 heterocycles. The number of hydrogen-bond acceptors (Lipinski definition) is 10. The van der Waals surface area contributed by atoms with Crippen LogP contribution in [-0.4, -0.2) is 66.8 Å². The van der Waals surface area contributed by atoms with Crippen LogP contribution in [0.1, 0.15) is 97.7 Å². The van der Waals surface area contributed by atoms with Gasteiger partial charge in [0.2, 0.25) is 21.8 Å². The molecule has 6 rings (SSSR count). The fourth-order valence-electron chi connectivity index (χ4n) is 7.11. The number of nitrogens with one attached hydrogen (secondary N) is 4. The Morgan fingerprint density at radius 1 is 0.934 bits per heavy atom. The lowest BCUT2D eigenvalue weighted by molar-refractivity contribution is -0.133. The highest BCUT2D eigenvalue weighted by molar-refractivity contribution is 7.91. The Morgan fingerprint density at radius 3 is 2.30 bits per heavy atom. The van der Waals surface area contributed by atoms with E-state index in [9.17, 15) is 27.6 Å². The fraction of sp³-hybridized carbons (Fsp3) is 0.413. The van der Waals surface area contributed by atoms with Gasteiger partial charge >= 0.3 is 6.09 Å². The molecule has 2 aliphatic rings. The number of sulfonamides is 1. The van der Waals surface area contributed by atoms with Gasteiger partial charge < -0.3 is 30.2 Å². The van der Waals surface area contributed by atoms with Crippen molar-refractivity contribution in [1.82, 2.24) is 25.7 Å². The van der Waals surface area contributed by atoms with Crippen LogP contribution in [0.4, 0.5) is 4.79 Å². The average molecular weight is 854 g/mol. The first-order valence-corrected chi connectivity index (χ1v) is 21.9. The Balaban J connectivity index is 1.47. The first kappa shape index (κ1) is 44.6. The van der Waals surface area contributed by atoms with Crippen LogP contribution in [0.15, 0.2) is 78.9 Å². The first-order chi connectivity index (χ1) is 28.7. The summed E-state index contributed by atoms with van der Waals surface area (Å²) in [6.07, 6.45) is 3.98.